The number of rotatable bonds is 9. The molecule has 3 aliphatic heterocycles. The van der Waals surface area contributed by atoms with Crippen LogP contribution in [0.4, 0.5) is 0 Å². The van der Waals surface area contributed by atoms with Crippen LogP contribution >= 0.6 is 0 Å². The van der Waals surface area contributed by atoms with E-state index in [0.29, 0.717) is 11.1 Å². The topological polar surface area (TPSA) is 148 Å². The van der Waals surface area contributed by atoms with Gasteiger partial charge in [0.1, 0.15) is 18.3 Å². The number of hydrogen-bond donors (Lipinski definition) is 2. The molecule has 3 aliphatic rings. The Kier molecular flexibility index (Phi) is 8.93. The molecule has 0 saturated carbocycles. The molecule has 6 rings (SSSR count). The normalized spacial score (nSPS) is 25.7. The first-order chi connectivity index (χ1) is 22.2. The minimum Gasteiger partial charge on any atom is -0.394 e. The van der Waals surface area contributed by atoms with Gasteiger partial charge in [0.2, 0.25) is 0 Å². The Balaban J connectivity index is 1.33. The van der Waals surface area contributed by atoms with Crippen LogP contribution < -0.4 is 0 Å². The molecule has 0 aliphatic carbocycles. The van der Waals surface area contributed by atoms with Crippen molar-refractivity contribution in [2.45, 2.75) is 55.9 Å². The van der Waals surface area contributed by atoms with Crippen LogP contribution in [0.2, 0.25) is 0 Å². The first kappa shape index (κ1) is 31.5. The van der Waals surface area contributed by atoms with E-state index < -0.39 is 30.7 Å². The van der Waals surface area contributed by atoms with E-state index in [-0.39, 0.29) is 49.5 Å². The Hall–Kier alpha value is -4.53. The molecule has 0 aromatic heterocycles. The second-order valence-corrected chi connectivity index (χ2v) is 12.2. The molecule has 2 amide bonds. The minimum atomic E-state index is -1.18. The number of carbonyl (C=O) groups is 2. The second-order valence-electron chi connectivity index (χ2n) is 12.2. The molecule has 2 fully saturated rings. The Morgan fingerprint density at radius 1 is 0.891 bits per heavy atom. The van der Waals surface area contributed by atoms with E-state index in [1.54, 1.807) is 38.1 Å². The van der Waals surface area contributed by atoms with Crippen LogP contribution in [0.1, 0.15) is 57.2 Å². The van der Waals surface area contributed by atoms with Crippen LogP contribution in [0.15, 0.2) is 84.0 Å². The van der Waals surface area contributed by atoms with Crippen LogP contribution in [0.3, 0.4) is 0 Å². The SMILES string of the molecule is CC1(C)O[C@@H]([C@H](O)CO)[C@H](CN2[C@H](CN3C(=O)c4ccccc4C3=O)[C@H](c3ccc(C#Cc4ccccc4)cc3)[C@@H]2CN=[N+]=[N-])O1. The number of carbonyl (C=O) groups excluding carboxylic acids is 2. The molecule has 6 atom stereocenters. The molecule has 3 aromatic carbocycles. The molecule has 11 heteroatoms. The largest absolute Gasteiger partial charge is 0.394 e. The fourth-order valence-electron chi connectivity index (χ4n) is 6.77. The molecule has 0 unspecified atom stereocenters. The lowest BCUT2D eigenvalue weighted by Gasteiger charge is -2.57. The van der Waals surface area contributed by atoms with Crippen molar-refractivity contribution in [2.24, 2.45) is 5.11 Å². The van der Waals surface area contributed by atoms with Crippen molar-refractivity contribution >= 4 is 11.8 Å². The van der Waals surface area contributed by atoms with Gasteiger partial charge in [-0.05, 0) is 61.3 Å². The number of imide groups is 1. The highest BCUT2D eigenvalue weighted by atomic mass is 16.8. The monoisotopic (exact) mass is 621 g/mol. The summed E-state index contributed by atoms with van der Waals surface area (Å²) in [6.45, 7) is 3.41. The van der Waals surface area contributed by atoms with Gasteiger partial charge < -0.3 is 19.7 Å². The smallest absolute Gasteiger partial charge is 0.261 e. The maximum absolute atomic E-state index is 13.4. The third kappa shape index (κ3) is 6.15. The summed E-state index contributed by atoms with van der Waals surface area (Å²) in [6, 6.07) is 23.6. The molecular weight excluding hydrogens is 586 g/mol. The average molecular weight is 622 g/mol. The number of aliphatic hydroxyl groups is 2. The molecule has 2 N–H and O–H groups in total. The number of azide groups is 1. The van der Waals surface area contributed by atoms with E-state index in [9.17, 15) is 25.3 Å². The summed E-state index contributed by atoms with van der Waals surface area (Å²) in [7, 11) is 0. The molecule has 46 heavy (non-hydrogen) atoms. The summed E-state index contributed by atoms with van der Waals surface area (Å²) < 4.78 is 12.1. The second kappa shape index (κ2) is 13.1. The van der Waals surface area contributed by atoms with Gasteiger partial charge in [-0.3, -0.25) is 19.4 Å². The highest BCUT2D eigenvalue weighted by Crippen LogP contribution is 2.44. The molecule has 11 nitrogen and oxygen atoms in total. The number of ether oxygens (including phenoxy) is 2. The number of fused-ring (bicyclic) bond motifs is 1. The molecule has 0 radical (unpaired) electrons. The number of aliphatic hydroxyl groups excluding tert-OH is 2. The van der Waals surface area contributed by atoms with Gasteiger partial charge in [0.15, 0.2) is 5.79 Å². The predicted octanol–water partition coefficient (Wildman–Crippen LogP) is 3.70. The lowest BCUT2D eigenvalue weighted by molar-refractivity contribution is -0.160. The number of nitrogens with zero attached hydrogens (tertiary/aromatic N) is 5. The predicted molar refractivity (Wildman–Crippen MR) is 169 cm³/mol. The Labute approximate surface area is 267 Å². The van der Waals surface area contributed by atoms with E-state index in [1.165, 1.54) is 4.90 Å². The highest BCUT2D eigenvalue weighted by molar-refractivity contribution is 6.21. The van der Waals surface area contributed by atoms with Gasteiger partial charge in [0.25, 0.3) is 11.8 Å². The molecule has 3 heterocycles. The number of likely N-dealkylation sites (tertiary alicyclic amines) is 1. The molecule has 0 spiro atoms. The molecule has 236 valence electrons. The fourth-order valence-corrected chi connectivity index (χ4v) is 6.77. The van der Waals surface area contributed by atoms with Crippen LogP contribution in [-0.4, -0.2) is 94.3 Å². The number of benzene rings is 3. The molecule has 0 bridgehead atoms. The zero-order chi connectivity index (χ0) is 32.4. The lowest BCUT2D eigenvalue weighted by atomic mass is 9.74. The summed E-state index contributed by atoms with van der Waals surface area (Å²) in [5, 5.41) is 24.2. The van der Waals surface area contributed by atoms with E-state index in [4.69, 9.17) is 9.47 Å². The fraction of sp³-hybridized carbons (Fsp3) is 0.371. The Morgan fingerprint density at radius 3 is 2.11 bits per heavy atom. The summed E-state index contributed by atoms with van der Waals surface area (Å²) >= 11 is 0. The van der Waals surface area contributed by atoms with Crippen LogP contribution in [-0.2, 0) is 9.47 Å². The van der Waals surface area contributed by atoms with Crippen LogP contribution in [0.25, 0.3) is 10.4 Å². The van der Waals surface area contributed by atoms with E-state index >= 15 is 0 Å². The zero-order valence-electron chi connectivity index (χ0n) is 25.6. The summed E-state index contributed by atoms with van der Waals surface area (Å²) in [5.74, 6) is 4.40. The molecule has 2 saturated heterocycles. The van der Waals surface area contributed by atoms with Gasteiger partial charge in [-0.15, -0.1) is 0 Å². The van der Waals surface area contributed by atoms with Crippen molar-refractivity contribution in [3.63, 3.8) is 0 Å². The quantitative estimate of drug-likeness (QED) is 0.122. The van der Waals surface area contributed by atoms with Gasteiger partial charge in [-0.2, -0.15) is 0 Å². The number of hydrogen-bond acceptors (Lipinski definition) is 8. The standard InChI is InChI=1S/C35H35N5O6/c1-35(2)45-30(32(46-35)29(42)21-41)20-39-27(18-37-38-36)31(24-16-14-23(15-17-24)13-12-22-8-4-3-5-9-22)28(39)19-40-33(43)25-10-6-7-11-26(25)34(40)44/h3-11,14-17,27-32,41-42H,18-21H2,1-2H3/t27-,28+,29+,30-,31+,32-/m0/s1. The average Bonchev–Trinajstić information content (AvgIpc) is 3.51. The molecular formula is C35H35N5O6. The lowest BCUT2D eigenvalue weighted by Crippen LogP contribution is -2.68. The maximum Gasteiger partial charge on any atom is 0.261 e. The Morgan fingerprint density at radius 2 is 1.50 bits per heavy atom. The molecule has 3 aromatic rings. The third-order valence-corrected chi connectivity index (χ3v) is 8.86. The van der Waals surface area contributed by atoms with Crippen molar-refractivity contribution < 1.29 is 29.3 Å². The van der Waals surface area contributed by atoms with Crippen molar-refractivity contribution in [1.29, 1.82) is 0 Å². The van der Waals surface area contributed by atoms with Crippen molar-refractivity contribution in [3.05, 3.63) is 117 Å². The number of amides is 2. The first-order valence-corrected chi connectivity index (χ1v) is 15.2. The van der Waals surface area contributed by atoms with Crippen molar-refractivity contribution in [3.8, 4) is 11.8 Å². The maximum atomic E-state index is 13.4. The summed E-state index contributed by atoms with van der Waals surface area (Å²) in [4.78, 5) is 33.2. The van der Waals surface area contributed by atoms with Gasteiger partial charge in [0, 0.05) is 53.7 Å². The highest BCUT2D eigenvalue weighted by Gasteiger charge is 2.54. The van der Waals surface area contributed by atoms with Crippen molar-refractivity contribution in [2.75, 3.05) is 26.2 Å². The summed E-state index contributed by atoms with van der Waals surface area (Å²) in [5.41, 5.74) is 12.7. The Bertz CT molecular complexity index is 1680. The third-order valence-electron chi connectivity index (χ3n) is 8.86. The zero-order valence-corrected chi connectivity index (χ0v) is 25.6. The van der Waals surface area contributed by atoms with Crippen LogP contribution in [0.5, 0.6) is 0 Å². The van der Waals surface area contributed by atoms with E-state index in [1.807, 2.05) is 54.6 Å². The van der Waals surface area contributed by atoms with Gasteiger partial charge in [-0.1, -0.05) is 59.4 Å². The van der Waals surface area contributed by atoms with Gasteiger partial charge in [-0.25, -0.2) is 0 Å². The van der Waals surface area contributed by atoms with Gasteiger partial charge in [0.05, 0.1) is 17.7 Å². The van der Waals surface area contributed by atoms with E-state index in [2.05, 4.69) is 26.8 Å². The summed E-state index contributed by atoms with van der Waals surface area (Å²) in [6.07, 6.45) is -2.65. The van der Waals surface area contributed by atoms with Gasteiger partial charge >= 0.3 is 0 Å². The first-order valence-electron chi connectivity index (χ1n) is 15.2. The minimum absolute atomic E-state index is 0.0868. The van der Waals surface area contributed by atoms with Crippen LogP contribution in [0, 0.1) is 11.8 Å². The van der Waals surface area contributed by atoms with Crippen molar-refractivity contribution in [1.82, 2.24) is 9.80 Å². The van der Waals surface area contributed by atoms with E-state index in [0.717, 1.165) is 16.7 Å².